The summed E-state index contributed by atoms with van der Waals surface area (Å²) in [5, 5.41) is 4.79. The van der Waals surface area contributed by atoms with E-state index in [1.54, 1.807) is 0 Å². The SMILES string of the molecule is [2H]c1c([2H])c(N(c2ccc(-c3cccc(-c4cccc5ccccc45)c3)cc2)c2ccc(-c3ccc4ccccc4c3-c3ccccc3)cc2)c(-c2ccccc2)c([2H])c1-c1ccccc1. The predicted molar refractivity (Wildman–Crippen MR) is 269 cm³/mol. The van der Waals surface area contributed by atoms with E-state index in [9.17, 15) is 4.11 Å². The minimum absolute atomic E-state index is 0.00744. The fraction of sp³-hybridized carbons (Fsp3) is 0. The fourth-order valence-corrected chi connectivity index (χ4v) is 8.90. The van der Waals surface area contributed by atoms with Crippen LogP contribution >= 0.6 is 0 Å². The van der Waals surface area contributed by atoms with Gasteiger partial charge in [-0.2, -0.15) is 0 Å². The van der Waals surface area contributed by atoms with Crippen LogP contribution in [0.4, 0.5) is 17.1 Å². The van der Waals surface area contributed by atoms with Crippen molar-refractivity contribution >= 4 is 38.6 Å². The summed E-state index contributed by atoms with van der Waals surface area (Å²) in [6.07, 6.45) is 0. The molecule has 0 heterocycles. The Balaban J connectivity index is 1.09. The van der Waals surface area contributed by atoms with Crippen molar-refractivity contribution in [2.75, 3.05) is 4.90 Å². The zero-order chi connectivity index (χ0) is 44.6. The third-order valence-electron chi connectivity index (χ3n) is 12.0. The largest absolute Gasteiger partial charge is 0.310 e. The van der Waals surface area contributed by atoms with Gasteiger partial charge in [0.1, 0.15) is 0 Å². The first-order chi connectivity index (χ1) is 32.5. The molecule has 0 atom stereocenters. The first kappa shape index (κ1) is 34.5. The topological polar surface area (TPSA) is 3.24 Å². The monoisotopic (exact) mass is 804 g/mol. The average Bonchev–Trinajstić information content (AvgIpc) is 3.38. The van der Waals surface area contributed by atoms with Crippen LogP contribution in [0.3, 0.4) is 0 Å². The molecule has 0 unspecified atom stereocenters. The second-order valence-electron chi connectivity index (χ2n) is 15.8. The molecule has 1 nitrogen and oxygen atoms in total. The van der Waals surface area contributed by atoms with Gasteiger partial charge in [-0.15, -0.1) is 0 Å². The van der Waals surface area contributed by atoms with E-state index in [4.69, 9.17) is 0 Å². The summed E-state index contributed by atoms with van der Waals surface area (Å²) in [4.78, 5) is 2.06. The third kappa shape index (κ3) is 7.37. The Kier molecular flexibility index (Phi) is 9.11. The van der Waals surface area contributed by atoms with E-state index in [1.165, 1.54) is 32.7 Å². The average molecular weight is 805 g/mol. The molecule has 0 aliphatic carbocycles. The summed E-state index contributed by atoms with van der Waals surface area (Å²) in [6.45, 7) is 0. The molecule has 11 aromatic rings. The maximum absolute atomic E-state index is 9.91. The zero-order valence-electron chi connectivity index (χ0n) is 37.5. The molecule has 0 amide bonds. The lowest BCUT2D eigenvalue weighted by atomic mass is 9.89. The molecule has 1 heteroatoms. The van der Waals surface area contributed by atoms with Gasteiger partial charge in [-0.25, -0.2) is 0 Å². The molecule has 0 N–H and O–H groups in total. The molecule has 0 aliphatic heterocycles. The number of fused-ring (bicyclic) bond motifs is 2. The quantitative estimate of drug-likeness (QED) is 0.140. The van der Waals surface area contributed by atoms with Gasteiger partial charge in [0, 0.05) is 16.9 Å². The number of benzene rings is 11. The van der Waals surface area contributed by atoms with E-state index >= 15 is 0 Å². The number of rotatable bonds is 9. The van der Waals surface area contributed by atoms with Crippen molar-refractivity contribution in [1.29, 1.82) is 0 Å². The second kappa shape index (κ2) is 16.7. The summed E-state index contributed by atoms with van der Waals surface area (Å²) < 4.78 is 29.4. The molecule has 0 fully saturated rings. The molecule has 0 aliphatic rings. The van der Waals surface area contributed by atoms with Crippen LogP contribution in [0.2, 0.25) is 0 Å². The van der Waals surface area contributed by atoms with Crippen LogP contribution in [0, 0.1) is 0 Å². The first-order valence-electron chi connectivity index (χ1n) is 22.9. The van der Waals surface area contributed by atoms with Gasteiger partial charge in [0.25, 0.3) is 0 Å². The zero-order valence-corrected chi connectivity index (χ0v) is 34.5. The molecule has 11 aromatic carbocycles. The maximum Gasteiger partial charge on any atom is 0.0645 e. The van der Waals surface area contributed by atoms with Crippen molar-refractivity contribution in [3.63, 3.8) is 0 Å². The second-order valence-corrected chi connectivity index (χ2v) is 15.8. The fourth-order valence-electron chi connectivity index (χ4n) is 8.90. The Morgan fingerprint density at radius 2 is 0.778 bits per heavy atom. The van der Waals surface area contributed by atoms with Crippen LogP contribution in [-0.2, 0) is 0 Å². The molecule has 0 saturated heterocycles. The van der Waals surface area contributed by atoms with Crippen LogP contribution < -0.4 is 4.90 Å². The highest BCUT2D eigenvalue weighted by Gasteiger charge is 2.20. The Hall–Kier alpha value is -8.26. The van der Waals surface area contributed by atoms with Gasteiger partial charge in [0.2, 0.25) is 0 Å². The molecule has 0 aromatic heterocycles. The predicted octanol–water partition coefficient (Wildman–Crippen LogP) is 17.5. The Morgan fingerprint density at radius 3 is 1.48 bits per heavy atom. The summed E-state index contributed by atoms with van der Waals surface area (Å²) in [6, 6.07) is 83.8. The summed E-state index contributed by atoms with van der Waals surface area (Å²) >= 11 is 0. The van der Waals surface area contributed by atoms with Gasteiger partial charge in [0.15, 0.2) is 0 Å². The van der Waals surface area contributed by atoms with E-state index in [-0.39, 0.29) is 18.1 Å². The van der Waals surface area contributed by atoms with Crippen molar-refractivity contribution in [2.24, 2.45) is 0 Å². The molecule has 0 spiro atoms. The Morgan fingerprint density at radius 1 is 0.286 bits per heavy atom. The van der Waals surface area contributed by atoms with Gasteiger partial charge in [-0.1, -0.05) is 218 Å². The molecular formula is C62H43N. The highest BCUT2D eigenvalue weighted by molar-refractivity contribution is 6.04. The van der Waals surface area contributed by atoms with E-state index in [0.29, 0.717) is 16.8 Å². The van der Waals surface area contributed by atoms with Crippen molar-refractivity contribution < 1.29 is 4.11 Å². The Bertz CT molecular complexity index is 3530. The van der Waals surface area contributed by atoms with Gasteiger partial charge in [-0.3, -0.25) is 0 Å². The lowest BCUT2D eigenvalue weighted by molar-refractivity contribution is 1.28. The summed E-state index contributed by atoms with van der Waals surface area (Å²) in [5.74, 6) is 0. The number of hydrogen-bond acceptors (Lipinski definition) is 1. The standard InChI is InChI=1S/C62H43N/c1-4-16-44(17-5-1)52-35-41-61(60(43-52)47-18-6-2-7-19-47)63(54-36-30-45(31-37-54)51-25-14-26-53(42-51)57-29-15-24-46-20-10-12-27-56(46)57)55-38-32-49(33-39-55)59-40-34-48-21-11-13-28-58(48)62(59)50-22-8-3-9-23-50/h1-43H/i35D,41D,43D. The highest BCUT2D eigenvalue weighted by Crippen LogP contribution is 2.45. The smallest absolute Gasteiger partial charge is 0.0645 e. The normalized spacial score (nSPS) is 11.8. The van der Waals surface area contributed by atoms with Crippen LogP contribution in [-0.4, -0.2) is 0 Å². The third-order valence-corrected chi connectivity index (χ3v) is 12.0. The summed E-state index contributed by atoms with van der Waals surface area (Å²) in [5.41, 5.74) is 13.6. The van der Waals surface area contributed by atoms with Crippen molar-refractivity contribution in [3.05, 3.63) is 261 Å². The van der Waals surface area contributed by atoms with Crippen molar-refractivity contribution in [2.45, 2.75) is 0 Å². The number of anilines is 3. The summed E-state index contributed by atoms with van der Waals surface area (Å²) in [7, 11) is 0. The minimum Gasteiger partial charge on any atom is -0.310 e. The van der Waals surface area contributed by atoms with Gasteiger partial charge >= 0.3 is 0 Å². The molecule has 0 bridgehead atoms. The van der Waals surface area contributed by atoms with Crippen LogP contribution in [0.15, 0.2) is 261 Å². The van der Waals surface area contributed by atoms with E-state index in [1.807, 2.05) is 60.7 Å². The number of hydrogen-bond donors (Lipinski definition) is 0. The number of nitrogens with zero attached hydrogens (tertiary/aromatic N) is 1. The van der Waals surface area contributed by atoms with Gasteiger partial charge in [0.05, 0.1) is 9.80 Å². The van der Waals surface area contributed by atoms with Crippen LogP contribution in [0.5, 0.6) is 0 Å². The molecule has 0 radical (unpaired) electrons. The van der Waals surface area contributed by atoms with Crippen LogP contribution in [0.1, 0.15) is 4.11 Å². The van der Waals surface area contributed by atoms with E-state index in [0.717, 1.165) is 55.9 Å². The molecule has 63 heavy (non-hydrogen) atoms. The van der Waals surface area contributed by atoms with Crippen molar-refractivity contribution in [3.8, 4) is 66.8 Å². The van der Waals surface area contributed by atoms with Gasteiger partial charge in [-0.05, 0) is 125 Å². The minimum atomic E-state index is 0.00744. The van der Waals surface area contributed by atoms with Gasteiger partial charge < -0.3 is 4.90 Å². The van der Waals surface area contributed by atoms with E-state index in [2.05, 4.69) is 187 Å². The Labute approximate surface area is 373 Å². The molecule has 296 valence electrons. The molecule has 0 saturated carbocycles. The maximum atomic E-state index is 9.91. The highest BCUT2D eigenvalue weighted by atomic mass is 15.1. The lowest BCUT2D eigenvalue weighted by Gasteiger charge is -2.29. The molecular weight excluding hydrogens is 759 g/mol. The van der Waals surface area contributed by atoms with E-state index < -0.39 is 0 Å². The lowest BCUT2D eigenvalue weighted by Crippen LogP contribution is -2.11. The van der Waals surface area contributed by atoms with Crippen molar-refractivity contribution in [1.82, 2.24) is 0 Å². The van der Waals surface area contributed by atoms with Crippen LogP contribution in [0.25, 0.3) is 88.3 Å². The first-order valence-corrected chi connectivity index (χ1v) is 21.4. The molecule has 11 rings (SSSR count).